The Morgan fingerprint density at radius 3 is 2.38 bits per heavy atom. The van der Waals surface area contributed by atoms with Gasteiger partial charge in [0.15, 0.2) is 0 Å². The molecule has 1 aliphatic rings. The Morgan fingerprint density at radius 1 is 0.906 bits per heavy atom. The van der Waals surface area contributed by atoms with Gasteiger partial charge in [-0.05, 0) is 59.4 Å². The molecule has 32 heavy (non-hydrogen) atoms. The summed E-state index contributed by atoms with van der Waals surface area (Å²) in [6.07, 6.45) is 1.66. The zero-order valence-corrected chi connectivity index (χ0v) is 17.6. The van der Waals surface area contributed by atoms with E-state index in [0.717, 1.165) is 6.42 Å². The van der Waals surface area contributed by atoms with E-state index < -0.39 is 11.7 Å². The molecule has 6 heteroatoms. The van der Waals surface area contributed by atoms with Gasteiger partial charge in [0.05, 0.1) is 5.56 Å². The first-order chi connectivity index (χ1) is 15.5. The minimum atomic E-state index is -0.646. The van der Waals surface area contributed by atoms with Gasteiger partial charge in [-0.3, -0.25) is 9.59 Å². The molecule has 0 aliphatic carbocycles. The maximum atomic E-state index is 14.5. The van der Waals surface area contributed by atoms with E-state index in [-0.39, 0.29) is 23.8 Å². The van der Waals surface area contributed by atoms with E-state index in [2.05, 4.69) is 11.4 Å². The molecule has 0 saturated heterocycles. The summed E-state index contributed by atoms with van der Waals surface area (Å²) in [6.45, 7) is 1.61. The molecule has 0 fully saturated rings. The van der Waals surface area contributed by atoms with Gasteiger partial charge in [-0.15, -0.1) is 0 Å². The fraction of sp³-hybridized carbons (Fsp3) is 0.231. The normalized spacial score (nSPS) is 12.9. The van der Waals surface area contributed by atoms with Gasteiger partial charge >= 0.3 is 0 Å². The van der Waals surface area contributed by atoms with E-state index in [0.29, 0.717) is 37.1 Å². The molecule has 164 valence electrons. The third-order valence-corrected chi connectivity index (χ3v) is 5.73. The number of amides is 2. The first-order valence-electron chi connectivity index (χ1n) is 10.7. The van der Waals surface area contributed by atoms with Crippen LogP contribution in [0, 0.1) is 11.6 Å². The van der Waals surface area contributed by atoms with Gasteiger partial charge in [0.2, 0.25) is 5.91 Å². The number of nitrogens with zero attached hydrogens (tertiary/aromatic N) is 1. The van der Waals surface area contributed by atoms with Crippen LogP contribution in [0.2, 0.25) is 0 Å². The Bertz CT molecular complexity index is 1130. The highest BCUT2D eigenvalue weighted by Crippen LogP contribution is 2.22. The summed E-state index contributed by atoms with van der Waals surface area (Å²) < 4.78 is 27.5. The van der Waals surface area contributed by atoms with Crippen LogP contribution in [-0.4, -0.2) is 29.8 Å². The zero-order valence-electron chi connectivity index (χ0n) is 17.6. The van der Waals surface area contributed by atoms with Crippen LogP contribution in [0.1, 0.15) is 34.3 Å². The second kappa shape index (κ2) is 9.73. The van der Waals surface area contributed by atoms with Crippen LogP contribution in [0.3, 0.4) is 0 Å². The van der Waals surface area contributed by atoms with E-state index in [1.54, 1.807) is 18.2 Å². The molecule has 4 nitrogen and oxygen atoms in total. The van der Waals surface area contributed by atoms with Gasteiger partial charge in [0.25, 0.3) is 5.91 Å². The molecule has 2 amide bonds. The molecule has 0 spiro atoms. The number of rotatable bonds is 6. The van der Waals surface area contributed by atoms with Crippen LogP contribution in [0.25, 0.3) is 11.1 Å². The van der Waals surface area contributed by atoms with Crippen molar-refractivity contribution in [2.24, 2.45) is 0 Å². The Balaban J connectivity index is 1.26. The molecular formula is C26H24F2N2O2. The average Bonchev–Trinajstić information content (AvgIpc) is 2.81. The second-order valence-electron chi connectivity index (χ2n) is 7.89. The van der Waals surface area contributed by atoms with Gasteiger partial charge in [-0.25, -0.2) is 8.78 Å². The number of carbonyl (C=O) groups excluding carboxylic acids is 2. The van der Waals surface area contributed by atoms with Crippen molar-refractivity contribution in [3.8, 4) is 11.1 Å². The highest BCUT2D eigenvalue weighted by Gasteiger charge is 2.20. The van der Waals surface area contributed by atoms with Gasteiger partial charge in [-0.1, -0.05) is 42.5 Å². The molecule has 4 rings (SSSR count). The Kier molecular flexibility index (Phi) is 6.59. The Hall–Kier alpha value is -3.54. The molecule has 0 bridgehead atoms. The molecule has 0 radical (unpaired) electrons. The first-order valence-corrected chi connectivity index (χ1v) is 10.7. The van der Waals surface area contributed by atoms with Crippen molar-refractivity contribution < 1.29 is 18.4 Å². The molecule has 3 aromatic rings. The molecule has 3 aromatic carbocycles. The fourth-order valence-corrected chi connectivity index (χ4v) is 3.92. The molecule has 0 saturated carbocycles. The van der Waals surface area contributed by atoms with Gasteiger partial charge in [0.1, 0.15) is 11.6 Å². The van der Waals surface area contributed by atoms with Crippen LogP contribution < -0.4 is 5.32 Å². The van der Waals surface area contributed by atoms with Crippen molar-refractivity contribution in [2.45, 2.75) is 25.8 Å². The van der Waals surface area contributed by atoms with E-state index >= 15 is 0 Å². The standard InChI is InChI=1S/C26H24F2N2O2/c27-22-10-7-19(8-11-22)20-9-12-23(24(28)16-20)26(32)29-14-3-6-25(31)30-15-13-18-4-1-2-5-21(18)17-30/h1-2,4-5,7-12,16H,3,6,13-15,17H2,(H,29,32). The number of hydrogen-bond acceptors (Lipinski definition) is 2. The number of benzene rings is 3. The highest BCUT2D eigenvalue weighted by atomic mass is 19.1. The van der Waals surface area contributed by atoms with Crippen LogP contribution in [0.15, 0.2) is 66.7 Å². The minimum Gasteiger partial charge on any atom is -0.352 e. The lowest BCUT2D eigenvalue weighted by atomic mass is 9.99. The van der Waals surface area contributed by atoms with Crippen molar-refractivity contribution in [2.75, 3.05) is 13.1 Å². The zero-order chi connectivity index (χ0) is 22.5. The lowest BCUT2D eigenvalue weighted by molar-refractivity contribution is -0.132. The van der Waals surface area contributed by atoms with E-state index in [1.807, 2.05) is 23.1 Å². The number of fused-ring (bicyclic) bond motifs is 1. The monoisotopic (exact) mass is 434 g/mol. The molecule has 1 heterocycles. The predicted molar refractivity (Wildman–Crippen MR) is 119 cm³/mol. The molecular weight excluding hydrogens is 410 g/mol. The molecule has 0 aromatic heterocycles. The van der Waals surface area contributed by atoms with Gasteiger partial charge < -0.3 is 10.2 Å². The van der Waals surface area contributed by atoms with E-state index in [4.69, 9.17) is 0 Å². The summed E-state index contributed by atoms with van der Waals surface area (Å²) in [4.78, 5) is 26.7. The fourth-order valence-electron chi connectivity index (χ4n) is 3.92. The average molecular weight is 434 g/mol. The highest BCUT2D eigenvalue weighted by molar-refractivity contribution is 5.95. The van der Waals surface area contributed by atoms with Crippen molar-refractivity contribution in [1.29, 1.82) is 0 Å². The molecule has 0 unspecified atom stereocenters. The maximum absolute atomic E-state index is 14.5. The number of halogens is 2. The smallest absolute Gasteiger partial charge is 0.254 e. The van der Waals surface area contributed by atoms with Crippen molar-refractivity contribution in [3.63, 3.8) is 0 Å². The van der Waals surface area contributed by atoms with Crippen LogP contribution >= 0.6 is 0 Å². The minimum absolute atomic E-state index is 0.0589. The molecule has 0 atom stereocenters. The third kappa shape index (κ3) is 5.02. The summed E-state index contributed by atoms with van der Waals surface area (Å²) in [5.41, 5.74) is 3.63. The first kappa shape index (κ1) is 21.7. The number of carbonyl (C=O) groups is 2. The van der Waals surface area contributed by atoms with Crippen molar-refractivity contribution in [3.05, 3.63) is 95.1 Å². The maximum Gasteiger partial charge on any atom is 0.254 e. The van der Waals surface area contributed by atoms with Crippen LogP contribution in [0.5, 0.6) is 0 Å². The van der Waals surface area contributed by atoms with E-state index in [1.165, 1.54) is 35.4 Å². The Morgan fingerprint density at radius 2 is 1.62 bits per heavy atom. The van der Waals surface area contributed by atoms with Crippen molar-refractivity contribution >= 4 is 11.8 Å². The summed E-state index contributed by atoms with van der Waals surface area (Å²) in [5, 5.41) is 2.68. The number of hydrogen-bond donors (Lipinski definition) is 1. The lowest BCUT2D eigenvalue weighted by Crippen LogP contribution is -2.36. The molecule has 1 N–H and O–H groups in total. The topological polar surface area (TPSA) is 49.4 Å². The molecule has 1 aliphatic heterocycles. The summed E-state index contributed by atoms with van der Waals surface area (Å²) in [7, 11) is 0. The van der Waals surface area contributed by atoms with Crippen LogP contribution in [-0.2, 0) is 17.8 Å². The SMILES string of the molecule is O=C(NCCCC(=O)N1CCc2ccccc2C1)c1ccc(-c2ccc(F)cc2)cc1F. The third-order valence-electron chi connectivity index (χ3n) is 5.73. The quantitative estimate of drug-likeness (QED) is 0.571. The summed E-state index contributed by atoms with van der Waals surface area (Å²) >= 11 is 0. The Labute approximate surface area is 185 Å². The summed E-state index contributed by atoms with van der Waals surface area (Å²) in [6, 6.07) is 18.2. The largest absolute Gasteiger partial charge is 0.352 e. The van der Waals surface area contributed by atoms with Crippen LogP contribution in [0.4, 0.5) is 8.78 Å². The summed E-state index contributed by atoms with van der Waals surface area (Å²) in [5.74, 6) is -1.47. The van der Waals surface area contributed by atoms with Gasteiger partial charge in [-0.2, -0.15) is 0 Å². The van der Waals surface area contributed by atoms with Gasteiger partial charge in [0, 0.05) is 26.1 Å². The lowest BCUT2D eigenvalue weighted by Gasteiger charge is -2.29. The predicted octanol–water partition coefficient (Wildman–Crippen LogP) is 4.73. The number of nitrogens with one attached hydrogen (secondary N) is 1. The van der Waals surface area contributed by atoms with Crippen molar-refractivity contribution in [1.82, 2.24) is 10.2 Å². The second-order valence-corrected chi connectivity index (χ2v) is 7.89. The van der Waals surface area contributed by atoms with E-state index in [9.17, 15) is 18.4 Å².